The Morgan fingerprint density at radius 3 is 1.81 bits per heavy atom. The van der Waals surface area contributed by atoms with Crippen LogP contribution < -0.4 is 5.73 Å². The second-order valence-corrected chi connectivity index (χ2v) is 5.27. The summed E-state index contributed by atoms with van der Waals surface area (Å²) in [5.74, 6) is -3.94. The lowest BCUT2D eigenvalue weighted by atomic mass is 10.1. The molecule has 0 aromatic carbocycles. The van der Waals surface area contributed by atoms with E-state index < -0.39 is 41.2 Å². The maximum atomic E-state index is 11.2. The molecule has 3 atom stereocenters. The van der Waals surface area contributed by atoms with Gasteiger partial charge in [-0.05, 0) is 18.8 Å². The highest BCUT2D eigenvalue weighted by atomic mass is 16.9. The predicted octanol–water partition coefficient (Wildman–Crippen LogP) is -1.62. The number of unbranched alkanes of at least 4 members (excludes halogenated alkanes) is 1. The Morgan fingerprint density at radius 2 is 1.46 bits per heavy atom. The van der Waals surface area contributed by atoms with E-state index in [1.54, 1.807) is 0 Å². The van der Waals surface area contributed by atoms with Crippen LogP contribution in [0.5, 0.6) is 0 Å². The zero-order valence-electron chi connectivity index (χ0n) is 14.3. The van der Waals surface area contributed by atoms with Gasteiger partial charge in [0.2, 0.25) is 0 Å². The molecule has 0 aromatic heterocycles. The van der Waals surface area contributed by atoms with Crippen LogP contribution in [0.25, 0.3) is 0 Å². The largest absolute Gasteiger partial charge is 0.479 e. The van der Waals surface area contributed by atoms with Crippen molar-refractivity contribution in [3.63, 3.8) is 0 Å². The second kappa shape index (κ2) is 13.7. The van der Waals surface area contributed by atoms with E-state index in [0.717, 1.165) is 0 Å². The van der Waals surface area contributed by atoms with E-state index in [4.69, 9.17) is 30.9 Å². The average Bonchev–Trinajstić information content (AvgIpc) is 2.55. The highest BCUT2D eigenvalue weighted by Crippen LogP contribution is 2.01. The molecule has 0 saturated carbocycles. The zero-order chi connectivity index (χ0) is 20.9. The van der Waals surface area contributed by atoms with Gasteiger partial charge in [0.05, 0.1) is 13.2 Å². The summed E-state index contributed by atoms with van der Waals surface area (Å²) in [6.07, 6.45) is -3.55. The number of rotatable bonds is 11. The summed E-state index contributed by atoms with van der Waals surface area (Å²) < 4.78 is 4.88. The monoisotopic (exact) mass is 384 g/mol. The van der Waals surface area contributed by atoms with Crippen LogP contribution in [0.15, 0.2) is 0 Å². The maximum absolute atomic E-state index is 11.2. The summed E-state index contributed by atoms with van der Waals surface area (Å²) in [5, 5.41) is 41.5. The fourth-order valence-electron chi connectivity index (χ4n) is 1.15. The van der Waals surface area contributed by atoms with Crippen molar-refractivity contribution in [1.82, 2.24) is 0 Å². The van der Waals surface area contributed by atoms with Crippen LogP contribution >= 0.6 is 0 Å². The number of aliphatic hydroxyl groups is 2. The predicted molar refractivity (Wildman–Crippen MR) is 83.2 cm³/mol. The summed E-state index contributed by atoms with van der Waals surface area (Å²) in [4.78, 5) is 44.7. The van der Waals surface area contributed by atoms with Crippen LogP contribution in [-0.2, 0) is 24.0 Å². The molecule has 0 aliphatic rings. The van der Waals surface area contributed by atoms with Gasteiger partial charge in [-0.3, -0.25) is 4.79 Å². The molecule has 0 radical (unpaired) electrons. The fourth-order valence-corrected chi connectivity index (χ4v) is 1.15. The van der Waals surface area contributed by atoms with Crippen LogP contribution in [0.4, 0.5) is 0 Å². The summed E-state index contributed by atoms with van der Waals surface area (Å²) in [6.45, 7) is 3.88. The smallest absolute Gasteiger partial charge is 0.335 e. The molecule has 0 bridgehead atoms. The molecule has 6 N–H and O–H groups in total. The van der Waals surface area contributed by atoms with E-state index in [0.29, 0.717) is 12.8 Å². The van der Waals surface area contributed by atoms with Crippen LogP contribution in [0, 0.1) is 16.0 Å². The number of nitrogens with zero attached hydrogens (tertiary/aromatic N) is 1. The van der Waals surface area contributed by atoms with Crippen molar-refractivity contribution in [3.05, 3.63) is 10.1 Å². The molecular weight excluding hydrogens is 360 g/mol. The quantitative estimate of drug-likeness (QED) is 0.117. The fraction of sp³-hybridized carbons (Fsp3) is 0.769. The topological polar surface area (TPSA) is 220 Å². The number of nitrogens with two attached hydrogens (primary N) is 1. The van der Waals surface area contributed by atoms with Crippen molar-refractivity contribution in [2.45, 2.75) is 44.9 Å². The standard InChI is InChI=1S/C9H18N2O5.C4H6O6/c1-7(2)8(10)9(12)15-5-3-4-6-16-11(13)14;5-1(3(7)8)2(6)4(9)10/h7-8H,3-6,10H2,1-2H3;1-2,5-6H,(H,7,8)(H,9,10). The number of hydrogen-bond acceptors (Lipinski definition) is 10. The SMILES string of the molecule is CC(C)C(N)C(=O)OCCCCO[N+](=O)[O-].O=C(O)C(O)C(O)C(=O)O. The van der Waals surface area contributed by atoms with Crippen molar-refractivity contribution >= 4 is 17.9 Å². The van der Waals surface area contributed by atoms with E-state index in [-0.39, 0.29) is 19.1 Å². The molecule has 0 rings (SSSR count). The first-order chi connectivity index (χ1) is 11.9. The van der Waals surface area contributed by atoms with Gasteiger partial charge in [-0.2, -0.15) is 0 Å². The van der Waals surface area contributed by atoms with Crippen molar-refractivity contribution in [1.29, 1.82) is 0 Å². The number of carboxylic acid groups (broad SMARTS) is 2. The van der Waals surface area contributed by atoms with Gasteiger partial charge < -0.3 is 35.7 Å². The van der Waals surface area contributed by atoms with Crippen molar-refractivity contribution < 1.29 is 49.5 Å². The molecule has 0 amide bonds. The molecule has 13 nitrogen and oxygen atoms in total. The van der Waals surface area contributed by atoms with E-state index in [9.17, 15) is 24.5 Å². The number of carbonyl (C=O) groups is 3. The summed E-state index contributed by atoms with van der Waals surface area (Å²) in [6, 6.07) is -0.616. The van der Waals surface area contributed by atoms with Gasteiger partial charge in [-0.25, -0.2) is 9.59 Å². The van der Waals surface area contributed by atoms with E-state index in [1.165, 1.54) is 0 Å². The Balaban J connectivity index is 0. The zero-order valence-corrected chi connectivity index (χ0v) is 14.3. The number of carbonyl (C=O) groups excluding carboxylic acids is 1. The molecule has 13 heteroatoms. The van der Waals surface area contributed by atoms with Crippen molar-refractivity contribution in [2.75, 3.05) is 13.2 Å². The summed E-state index contributed by atoms with van der Waals surface area (Å²) >= 11 is 0. The molecule has 26 heavy (non-hydrogen) atoms. The van der Waals surface area contributed by atoms with Gasteiger partial charge >= 0.3 is 17.9 Å². The molecule has 0 heterocycles. The van der Waals surface area contributed by atoms with Gasteiger partial charge in [0.15, 0.2) is 12.2 Å². The molecule has 152 valence electrons. The number of aliphatic carboxylic acids is 2. The number of aliphatic hydroxyl groups excluding tert-OH is 2. The first kappa shape index (κ1) is 25.7. The number of esters is 1. The first-order valence-corrected chi connectivity index (χ1v) is 7.43. The van der Waals surface area contributed by atoms with Crippen LogP contribution in [-0.4, -0.2) is 74.9 Å². The van der Waals surface area contributed by atoms with E-state index in [1.807, 2.05) is 13.8 Å². The molecular formula is C13H24N2O11. The van der Waals surface area contributed by atoms with Gasteiger partial charge in [0.1, 0.15) is 6.04 Å². The maximum Gasteiger partial charge on any atom is 0.335 e. The summed E-state index contributed by atoms with van der Waals surface area (Å²) in [7, 11) is 0. The molecule has 0 aromatic rings. The van der Waals surface area contributed by atoms with Crippen LogP contribution in [0.3, 0.4) is 0 Å². The van der Waals surface area contributed by atoms with Gasteiger partial charge in [0.25, 0.3) is 5.09 Å². The lowest BCUT2D eigenvalue weighted by Gasteiger charge is -2.14. The minimum atomic E-state index is -2.27. The van der Waals surface area contributed by atoms with E-state index >= 15 is 0 Å². The lowest BCUT2D eigenvalue weighted by molar-refractivity contribution is -0.757. The molecule has 0 spiro atoms. The average molecular weight is 384 g/mol. The van der Waals surface area contributed by atoms with Crippen LogP contribution in [0.2, 0.25) is 0 Å². The molecule has 0 aliphatic heterocycles. The van der Waals surface area contributed by atoms with Gasteiger partial charge in [-0.15, -0.1) is 10.1 Å². The minimum absolute atomic E-state index is 0.0147. The van der Waals surface area contributed by atoms with Gasteiger partial charge in [0, 0.05) is 0 Å². The summed E-state index contributed by atoms with van der Waals surface area (Å²) in [5.41, 5.74) is 5.55. The Morgan fingerprint density at radius 1 is 1.04 bits per heavy atom. The molecule has 0 saturated heterocycles. The Kier molecular flexibility index (Phi) is 13.6. The number of hydrogen-bond donors (Lipinski definition) is 5. The number of carboxylic acids is 2. The third-order valence-corrected chi connectivity index (χ3v) is 2.78. The van der Waals surface area contributed by atoms with Crippen molar-refractivity contribution in [3.8, 4) is 0 Å². The van der Waals surface area contributed by atoms with Gasteiger partial charge in [-0.1, -0.05) is 13.8 Å². The Hall–Kier alpha value is -2.51. The van der Waals surface area contributed by atoms with E-state index in [2.05, 4.69) is 4.84 Å². The lowest BCUT2D eigenvalue weighted by Crippen LogP contribution is -2.39. The molecule has 3 unspecified atom stereocenters. The second-order valence-electron chi connectivity index (χ2n) is 5.27. The Labute approximate surface area is 148 Å². The molecule has 0 fully saturated rings. The highest BCUT2D eigenvalue weighted by Gasteiger charge is 2.29. The Bertz CT molecular complexity index is 451. The highest BCUT2D eigenvalue weighted by molar-refractivity contribution is 5.83. The third kappa shape index (κ3) is 12.9. The minimum Gasteiger partial charge on any atom is -0.479 e. The van der Waals surface area contributed by atoms with Crippen molar-refractivity contribution in [2.24, 2.45) is 11.7 Å². The van der Waals surface area contributed by atoms with Crippen LogP contribution in [0.1, 0.15) is 26.7 Å². The normalized spacial score (nSPS) is 13.6. The third-order valence-electron chi connectivity index (χ3n) is 2.78. The first-order valence-electron chi connectivity index (χ1n) is 7.43. The number of ether oxygens (including phenoxy) is 1. The molecule has 0 aliphatic carbocycles.